The first-order valence-electron chi connectivity index (χ1n) is 7.43. The van der Waals surface area contributed by atoms with Crippen LogP contribution in [0.2, 0.25) is 0 Å². The number of aliphatic hydroxyl groups excluding tert-OH is 1. The second kappa shape index (κ2) is 8.41. The second-order valence-corrected chi connectivity index (χ2v) is 6.41. The summed E-state index contributed by atoms with van der Waals surface area (Å²) in [6.45, 7) is 6.30. The summed E-state index contributed by atoms with van der Waals surface area (Å²) < 4.78 is 0. The zero-order valence-electron chi connectivity index (χ0n) is 12.6. The highest BCUT2D eigenvalue weighted by atomic mass is 32.2. The first kappa shape index (κ1) is 16.3. The van der Waals surface area contributed by atoms with Gasteiger partial charge in [-0.25, -0.2) is 0 Å². The van der Waals surface area contributed by atoms with Crippen LogP contribution >= 0.6 is 11.8 Å². The summed E-state index contributed by atoms with van der Waals surface area (Å²) in [7, 11) is 0. The minimum absolute atomic E-state index is 0.195. The third-order valence-electron chi connectivity index (χ3n) is 3.72. The first-order valence-corrected chi connectivity index (χ1v) is 8.59. The van der Waals surface area contributed by atoms with Crippen molar-refractivity contribution < 1.29 is 9.90 Å². The van der Waals surface area contributed by atoms with Crippen LogP contribution in [0.25, 0.3) is 0 Å². The Kier molecular flexibility index (Phi) is 6.54. The van der Waals surface area contributed by atoms with E-state index in [1.807, 2.05) is 4.90 Å². The Balaban J connectivity index is 1.68. The van der Waals surface area contributed by atoms with E-state index in [0.717, 1.165) is 31.9 Å². The molecule has 1 fully saturated rings. The number of carbonyl (C=O) groups excluding carboxylic acids is 1. The van der Waals surface area contributed by atoms with Crippen LogP contribution in [0.4, 0.5) is 0 Å². The van der Waals surface area contributed by atoms with Crippen molar-refractivity contribution in [3.8, 4) is 0 Å². The van der Waals surface area contributed by atoms with Gasteiger partial charge < -0.3 is 10.0 Å². The third kappa shape index (κ3) is 5.34. The van der Waals surface area contributed by atoms with Crippen LogP contribution in [0.15, 0.2) is 24.3 Å². The molecule has 1 aliphatic heterocycles. The summed E-state index contributed by atoms with van der Waals surface area (Å²) in [5, 5.41) is 8.91. The Morgan fingerprint density at radius 2 is 2.05 bits per heavy atom. The molecule has 4 nitrogen and oxygen atoms in total. The van der Waals surface area contributed by atoms with Gasteiger partial charge in [0.15, 0.2) is 0 Å². The fraction of sp³-hybridized carbons (Fsp3) is 0.562. The van der Waals surface area contributed by atoms with Gasteiger partial charge in [-0.05, 0) is 12.5 Å². The third-order valence-corrected chi connectivity index (χ3v) is 4.71. The van der Waals surface area contributed by atoms with Gasteiger partial charge in [0.2, 0.25) is 5.91 Å². The minimum atomic E-state index is 0.195. The summed E-state index contributed by atoms with van der Waals surface area (Å²) in [5.74, 6) is 1.67. The number of aryl methyl sites for hydroxylation is 1. The molecular weight excluding hydrogens is 284 g/mol. The first-order chi connectivity index (χ1) is 10.2. The monoisotopic (exact) mass is 308 g/mol. The van der Waals surface area contributed by atoms with Gasteiger partial charge in [0.05, 0.1) is 12.4 Å². The molecule has 1 heterocycles. The zero-order valence-corrected chi connectivity index (χ0v) is 13.4. The van der Waals surface area contributed by atoms with E-state index in [0.29, 0.717) is 12.3 Å². The topological polar surface area (TPSA) is 43.8 Å². The van der Waals surface area contributed by atoms with Crippen LogP contribution in [-0.4, -0.2) is 65.9 Å². The summed E-state index contributed by atoms with van der Waals surface area (Å²) in [4.78, 5) is 16.3. The van der Waals surface area contributed by atoms with Gasteiger partial charge in [-0.2, -0.15) is 0 Å². The second-order valence-electron chi connectivity index (χ2n) is 5.43. The Labute approximate surface area is 131 Å². The molecule has 1 saturated heterocycles. The highest BCUT2D eigenvalue weighted by molar-refractivity contribution is 7.99. The molecule has 0 unspecified atom stereocenters. The van der Waals surface area contributed by atoms with E-state index < -0.39 is 0 Å². The molecule has 0 aromatic heterocycles. The van der Waals surface area contributed by atoms with Crippen LogP contribution in [-0.2, 0) is 10.5 Å². The molecule has 0 saturated carbocycles. The number of β-amino-alcohol motifs (C(OH)–C–C–N with tert-alkyl or cyclic N) is 1. The molecule has 0 radical (unpaired) electrons. The van der Waals surface area contributed by atoms with Gasteiger partial charge in [0.25, 0.3) is 0 Å². The fourth-order valence-corrected chi connectivity index (χ4v) is 3.39. The van der Waals surface area contributed by atoms with Crippen LogP contribution < -0.4 is 0 Å². The van der Waals surface area contributed by atoms with Gasteiger partial charge in [-0.1, -0.05) is 29.8 Å². The van der Waals surface area contributed by atoms with Gasteiger partial charge in [0.1, 0.15) is 0 Å². The molecule has 0 aliphatic carbocycles. The molecule has 1 aliphatic rings. The Bertz CT molecular complexity index is 459. The molecule has 1 aromatic rings. The lowest BCUT2D eigenvalue weighted by Crippen LogP contribution is -2.49. The predicted molar refractivity (Wildman–Crippen MR) is 87.4 cm³/mol. The van der Waals surface area contributed by atoms with Gasteiger partial charge in [-0.3, -0.25) is 9.69 Å². The number of amides is 1. The van der Waals surface area contributed by atoms with E-state index in [2.05, 4.69) is 36.1 Å². The van der Waals surface area contributed by atoms with Crippen LogP contribution in [0.5, 0.6) is 0 Å². The largest absolute Gasteiger partial charge is 0.395 e. The van der Waals surface area contributed by atoms with Crippen LogP contribution in [0, 0.1) is 6.92 Å². The number of benzene rings is 1. The highest BCUT2D eigenvalue weighted by Gasteiger charge is 2.20. The van der Waals surface area contributed by atoms with Crippen LogP contribution in [0.1, 0.15) is 11.1 Å². The van der Waals surface area contributed by atoms with E-state index in [9.17, 15) is 4.79 Å². The molecule has 116 valence electrons. The normalized spacial score (nSPS) is 16.2. The van der Waals surface area contributed by atoms with E-state index in [4.69, 9.17) is 5.11 Å². The Morgan fingerprint density at radius 1 is 1.29 bits per heavy atom. The van der Waals surface area contributed by atoms with Crippen LogP contribution in [0.3, 0.4) is 0 Å². The number of nitrogens with zero attached hydrogens (tertiary/aromatic N) is 2. The van der Waals surface area contributed by atoms with Crippen molar-refractivity contribution in [1.29, 1.82) is 0 Å². The summed E-state index contributed by atoms with van der Waals surface area (Å²) >= 11 is 1.68. The van der Waals surface area contributed by atoms with E-state index in [1.54, 1.807) is 11.8 Å². The van der Waals surface area contributed by atoms with Crippen molar-refractivity contribution in [2.24, 2.45) is 0 Å². The number of carbonyl (C=O) groups is 1. The number of aliphatic hydroxyl groups is 1. The maximum absolute atomic E-state index is 12.2. The molecule has 1 aromatic carbocycles. The minimum Gasteiger partial charge on any atom is -0.395 e. The average Bonchev–Trinajstić information content (AvgIpc) is 2.48. The van der Waals surface area contributed by atoms with Gasteiger partial charge >= 0.3 is 0 Å². The summed E-state index contributed by atoms with van der Waals surface area (Å²) in [5.41, 5.74) is 2.54. The quantitative estimate of drug-likeness (QED) is 0.862. The van der Waals surface area contributed by atoms with Crippen molar-refractivity contribution in [1.82, 2.24) is 9.80 Å². The summed E-state index contributed by atoms with van der Waals surface area (Å²) in [6, 6.07) is 8.43. The standard InChI is InChI=1S/C16H24N2O2S/c1-14-3-2-4-15(11-14)12-21-13-16(20)18-7-5-17(6-8-18)9-10-19/h2-4,11,19H,5-10,12-13H2,1H3. The van der Waals surface area contributed by atoms with Gasteiger partial charge in [0, 0.05) is 38.5 Å². The fourth-order valence-electron chi connectivity index (χ4n) is 2.51. The lowest BCUT2D eigenvalue weighted by atomic mass is 10.2. The smallest absolute Gasteiger partial charge is 0.232 e. The van der Waals surface area contributed by atoms with E-state index in [1.165, 1.54) is 11.1 Å². The number of piperazine rings is 1. The van der Waals surface area contributed by atoms with E-state index >= 15 is 0 Å². The molecular formula is C16H24N2O2S. The van der Waals surface area contributed by atoms with Crippen molar-refractivity contribution in [2.45, 2.75) is 12.7 Å². The number of hydrogen-bond donors (Lipinski definition) is 1. The molecule has 0 bridgehead atoms. The molecule has 0 spiro atoms. The predicted octanol–water partition coefficient (Wildman–Crippen LogP) is 1.36. The van der Waals surface area contributed by atoms with E-state index in [-0.39, 0.29) is 12.5 Å². The van der Waals surface area contributed by atoms with Crippen molar-refractivity contribution >= 4 is 17.7 Å². The van der Waals surface area contributed by atoms with Crippen molar-refractivity contribution in [2.75, 3.05) is 45.1 Å². The highest BCUT2D eigenvalue weighted by Crippen LogP contribution is 2.14. The van der Waals surface area contributed by atoms with Gasteiger partial charge in [-0.15, -0.1) is 11.8 Å². The zero-order chi connectivity index (χ0) is 15.1. The summed E-state index contributed by atoms with van der Waals surface area (Å²) in [6.07, 6.45) is 0. The molecule has 5 heteroatoms. The average molecular weight is 308 g/mol. The molecule has 1 amide bonds. The number of thioether (sulfide) groups is 1. The number of hydrogen-bond acceptors (Lipinski definition) is 4. The SMILES string of the molecule is Cc1cccc(CSCC(=O)N2CCN(CCO)CC2)c1. The Morgan fingerprint density at radius 3 is 2.71 bits per heavy atom. The molecule has 0 atom stereocenters. The lowest BCUT2D eigenvalue weighted by molar-refractivity contribution is -0.130. The van der Waals surface area contributed by atoms with Crippen molar-refractivity contribution in [3.05, 3.63) is 35.4 Å². The Hall–Kier alpha value is -1.04. The molecule has 2 rings (SSSR count). The van der Waals surface area contributed by atoms with Crippen molar-refractivity contribution in [3.63, 3.8) is 0 Å². The molecule has 1 N–H and O–H groups in total. The maximum atomic E-state index is 12.2. The maximum Gasteiger partial charge on any atom is 0.232 e. The number of rotatable bonds is 6. The lowest BCUT2D eigenvalue weighted by Gasteiger charge is -2.34. The molecule has 21 heavy (non-hydrogen) atoms.